The third-order valence-corrected chi connectivity index (χ3v) is 3.39. The summed E-state index contributed by atoms with van der Waals surface area (Å²) in [6, 6.07) is 1.77. The van der Waals surface area contributed by atoms with Gasteiger partial charge in [-0.15, -0.1) is 0 Å². The van der Waals surface area contributed by atoms with Gasteiger partial charge in [0.1, 0.15) is 0 Å². The van der Waals surface area contributed by atoms with E-state index in [0.29, 0.717) is 5.69 Å². The third-order valence-electron chi connectivity index (χ3n) is 3.39. The average molecular weight is 211 g/mol. The molecular weight excluding hydrogens is 193 g/mol. The second-order valence-corrected chi connectivity index (χ2v) is 4.46. The fraction of sp³-hybridized carbons (Fsp3) is 0.727. The summed E-state index contributed by atoms with van der Waals surface area (Å²) in [6.45, 7) is 3.44. The van der Waals surface area contributed by atoms with Crippen LogP contribution in [-0.2, 0) is 12.7 Å². The summed E-state index contributed by atoms with van der Waals surface area (Å²) in [5, 5.41) is 7.29. The lowest BCUT2D eigenvalue weighted by Crippen LogP contribution is -2.40. The summed E-state index contributed by atoms with van der Waals surface area (Å²) in [5.74, 6) is 0.0571. The zero-order valence-corrected chi connectivity index (χ0v) is 9.33. The molecule has 0 spiro atoms. The maximum absolute atomic E-state index is 14.7. The molecule has 84 valence electrons. The van der Waals surface area contributed by atoms with Crippen LogP contribution in [0.4, 0.5) is 4.39 Å². The van der Waals surface area contributed by atoms with Gasteiger partial charge in [0.25, 0.3) is 0 Å². The molecule has 0 bridgehead atoms. The van der Waals surface area contributed by atoms with E-state index in [4.69, 9.17) is 0 Å². The number of piperidine rings is 1. The molecule has 2 unspecified atom stereocenters. The highest BCUT2D eigenvalue weighted by Gasteiger charge is 2.38. The Kier molecular flexibility index (Phi) is 2.78. The van der Waals surface area contributed by atoms with Crippen LogP contribution >= 0.6 is 0 Å². The van der Waals surface area contributed by atoms with Crippen molar-refractivity contribution in [2.45, 2.75) is 25.4 Å². The molecule has 0 aromatic carbocycles. The van der Waals surface area contributed by atoms with E-state index in [0.717, 1.165) is 25.9 Å². The van der Waals surface area contributed by atoms with Gasteiger partial charge < -0.3 is 5.32 Å². The maximum atomic E-state index is 14.7. The third kappa shape index (κ3) is 1.91. The highest BCUT2D eigenvalue weighted by molar-refractivity contribution is 5.13. The van der Waals surface area contributed by atoms with Crippen molar-refractivity contribution in [3.63, 3.8) is 0 Å². The number of rotatable bonds is 2. The summed E-state index contributed by atoms with van der Waals surface area (Å²) < 4.78 is 16.3. The molecule has 1 saturated heterocycles. The van der Waals surface area contributed by atoms with Gasteiger partial charge in [0, 0.05) is 25.7 Å². The molecule has 1 fully saturated rings. The fourth-order valence-corrected chi connectivity index (χ4v) is 2.38. The molecular formula is C11H18FN3. The van der Waals surface area contributed by atoms with Crippen LogP contribution < -0.4 is 5.32 Å². The number of alkyl halides is 1. The van der Waals surface area contributed by atoms with E-state index in [2.05, 4.69) is 10.4 Å². The molecule has 1 aliphatic rings. The average Bonchev–Trinajstić information content (AvgIpc) is 2.66. The molecule has 0 aliphatic carbocycles. The molecule has 0 amide bonds. The standard InChI is InChI=1S/C11H18FN3/c1-11(12,9-4-3-6-13-8-9)10-5-7-14-15(10)2/h5,7,9,13H,3-4,6,8H2,1-2H3. The van der Waals surface area contributed by atoms with Crippen molar-refractivity contribution >= 4 is 0 Å². The maximum Gasteiger partial charge on any atom is 0.153 e. The van der Waals surface area contributed by atoms with E-state index in [1.54, 1.807) is 30.9 Å². The number of aryl methyl sites for hydroxylation is 1. The lowest BCUT2D eigenvalue weighted by atomic mass is 9.83. The summed E-state index contributed by atoms with van der Waals surface area (Å²) in [7, 11) is 1.80. The number of aromatic nitrogens is 2. The Bertz CT molecular complexity index is 326. The van der Waals surface area contributed by atoms with Crippen molar-refractivity contribution in [1.82, 2.24) is 15.1 Å². The van der Waals surface area contributed by atoms with E-state index in [1.165, 1.54) is 0 Å². The second-order valence-electron chi connectivity index (χ2n) is 4.46. The number of hydrogen-bond acceptors (Lipinski definition) is 2. The van der Waals surface area contributed by atoms with Crippen molar-refractivity contribution in [3.05, 3.63) is 18.0 Å². The quantitative estimate of drug-likeness (QED) is 0.805. The molecule has 1 aromatic rings. The fourth-order valence-electron chi connectivity index (χ4n) is 2.38. The Morgan fingerprint density at radius 2 is 2.47 bits per heavy atom. The van der Waals surface area contributed by atoms with Crippen LogP contribution in [0, 0.1) is 5.92 Å². The zero-order chi connectivity index (χ0) is 10.9. The SMILES string of the molecule is Cn1nccc1C(C)(F)C1CCCNC1. The normalized spacial score (nSPS) is 26.2. The van der Waals surface area contributed by atoms with Gasteiger partial charge in [-0.25, -0.2) is 4.39 Å². The predicted octanol–water partition coefficient (Wildman–Crippen LogP) is 1.60. The van der Waals surface area contributed by atoms with Crippen LogP contribution in [0.2, 0.25) is 0 Å². The Hall–Kier alpha value is -0.900. The highest BCUT2D eigenvalue weighted by Crippen LogP contribution is 2.36. The molecule has 0 saturated carbocycles. The van der Waals surface area contributed by atoms with Gasteiger partial charge >= 0.3 is 0 Å². The van der Waals surface area contributed by atoms with Gasteiger partial charge in [0.2, 0.25) is 0 Å². The number of hydrogen-bond donors (Lipinski definition) is 1. The Morgan fingerprint density at radius 1 is 1.67 bits per heavy atom. The molecule has 2 heterocycles. The van der Waals surface area contributed by atoms with Crippen LogP contribution in [-0.4, -0.2) is 22.9 Å². The van der Waals surface area contributed by atoms with E-state index >= 15 is 0 Å². The van der Waals surface area contributed by atoms with Gasteiger partial charge in [-0.2, -0.15) is 5.10 Å². The van der Waals surface area contributed by atoms with Crippen LogP contribution in [0.3, 0.4) is 0 Å². The van der Waals surface area contributed by atoms with Gasteiger partial charge in [-0.3, -0.25) is 4.68 Å². The molecule has 1 aliphatic heterocycles. The second kappa shape index (κ2) is 3.93. The minimum Gasteiger partial charge on any atom is -0.316 e. The molecule has 3 nitrogen and oxygen atoms in total. The molecule has 1 aromatic heterocycles. The minimum absolute atomic E-state index is 0.0571. The van der Waals surface area contributed by atoms with Gasteiger partial charge in [-0.05, 0) is 32.4 Å². The molecule has 4 heteroatoms. The summed E-state index contributed by atoms with van der Waals surface area (Å²) in [6.07, 6.45) is 3.66. The zero-order valence-electron chi connectivity index (χ0n) is 9.33. The van der Waals surface area contributed by atoms with E-state index < -0.39 is 5.67 Å². The molecule has 1 N–H and O–H groups in total. The summed E-state index contributed by atoms with van der Waals surface area (Å²) in [4.78, 5) is 0. The highest BCUT2D eigenvalue weighted by atomic mass is 19.1. The first-order chi connectivity index (χ1) is 7.12. The first-order valence-electron chi connectivity index (χ1n) is 5.50. The predicted molar refractivity (Wildman–Crippen MR) is 57.3 cm³/mol. The largest absolute Gasteiger partial charge is 0.316 e. The summed E-state index contributed by atoms with van der Waals surface area (Å²) in [5.41, 5.74) is -0.602. The van der Waals surface area contributed by atoms with Crippen LogP contribution in [0.25, 0.3) is 0 Å². The number of halogens is 1. The molecule has 0 radical (unpaired) electrons. The van der Waals surface area contributed by atoms with E-state index in [9.17, 15) is 4.39 Å². The molecule has 2 rings (SSSR count). The van der Waals surface area contributed by atoms with Gasteiger partial charge in [0.05, 0.1) is 5.69 Å². The van der Waals surface area contributed by atoms with Crippen molar-refractivity contribution in [2.24, 2.45) is 13.0 Å². The van der Waals surface area contributed by atoms with E-state index in [-0.39, 0.29) is 5.92 Å². The smallest absolute Gasteiger partial charge is 0.153 e. The van der Waals surface area contributed by atoms with Crippen LogP contribution in [0.1, 0.15) is 25.5 Å². The Balaban J connectivity index is 2.21. The minimum atomic E-state index is -1.28. The van der Waals surface area contributed by atoms with E-state index in [1.807, 2.05) is 0 Å². The molecule has 2 atom stereocenters. The first-order valence-corrected chi connectivity index (χ1v) is 5.50. The van der Waals surface area contributed by atoms with Crippen molar-refractivity contribution in [2.75, 3.05) is 13.1 Å². The van der Waals surface area contributed by atoms with Crippen LogP contribution in [0.15, 0.2) is 12.3 Å². The van der Waals surface area contributed by atoms with Gasteiger partial charge in [-0.1, -0.05) is 0 Å². The summed E-state index contributed by atoms with van der Waals surface area (Å²) >= 11 is 0. The Morgan fingerprint density at radius 3 is 3.00 bits per heavy atom. The monoisotopic (exact) mass is 211 g/mol. The lowest BCUT2D eigenvalue weighted by molar-refractivity contribution is 0.0724. The van der Waals surface area contributed by atoms with Crippen molar-refractivity contribution in [3.8, 4) is 0 Å². The van der Waals surface area contributed by atoms with Crippen LogP contribution in [0.5, 0.6) is 0 Å². The van der Waals surface area contributed by atoms with Crippen molar-refractivity contribution in [1.29, 1.82) is 0 Å². The first kappa shape index (κ1) is 10.6. The lowest BCUT2D eigenvalue weighted by Gasteiger charge is -2.33. The van der Waals surface area contributed by atoms with Gasteiger partial charge in [0.15, 0.2) is 5.67 Å². The van der Waals surface area contributed by atoms with Crippen molar-refractivity contribution < 1.29 is 4.39 Å². The molecule has 15 heavy (non-hydrogen) atoms. The number of nitrogens with zero attached hydrogens (tertiary/aromatic N) is 2. The Labute approximate surface area is 89.7 Å². The topological polar surface area (TPSA) is 29.9 Å². The number of nitrogens with one attached hydrogen (secondary N) is 1.